The number of rotatable bonds is 7. The molecule has 26 heavy (non-hydrogen) atoms. The topological polar surface area (TPSA) is 73.4 Å². The lowest BCUT2D eigenvalue weighted by Gasteiger charge is -2.16. The first-order chi connectivity index (χ1) is 12.6. The molecule has 0 radical (unpaired) electrons. The molecule has 7 heteroatoms. The third-order valence-electron chi connectivity index (χ3n) is 4.45. The third-order valence-corrected chi connectivity index (χ3v) is 4.45. The van der Waals surface area contributed by atoms with E-state index in [-0.39, 0.29) is 5.91 Å². The fourth-order valence-corrected chi connectivity index (χ4v) is 2.94. The Balaban J connectivity index is 1.45. The molecule has 1 fully saturated rings. The highest BCUT2D eigenvalue weighted by molar-refractivity contribution is 5.94. The van der Waals surface area contributed by atoms with Crippen molar-refractivity contribution < 1.29 is 4.79 Å². The summed E-state index contributed by atoms with van der Waals surface area (Å²) in [5.41, 5.74) is 1.73. The van der Waals surface area contributed by atoms with Crippen molar-refractivity contribution >= 4 is 23.2 Å². The van der Waals surface area contributed by atoms with E-state index in [0.717, 1.165) is 30.4 Å². The third kappa shape index (κ3) is 4.62. The fraction of sp³-hybridized carbons (Fsp3) is 0.421. The van der Waals surface area contributed by atoms with Crippen LogP contribution in [0.1, 0.15) is 23.2 Å². The highest BCUT2D eigenvalue weighted by Gasteiger charge is 2.13. The van der Waals surface area contributed by atoms with E-state index >= 15 is 0 Å². The lowest BCUT2D eigenvalue weighted by atomic mass is 10.2. The molecule has 7 nitrogen and oxygen atoms in total. The van der Waals surface area contributed by atoms with Gasteiger partial charge in [-0.25, -0.2) is 9.97 Å². The largest absolute Gasteiger partial charge is 0.378 e. The number of benzene rings is 1. The maximum absolute atomic E-state index is 12.2. The summed E-state index contributed by atoms with van der Waals surface area (Å²) in [5, 5.41) is 6.16. The zero-order valence-corrected chi connectivity index (χ0v) is 15.4. The van der Waals surface area contributed by atoms with Crippen LogP contribution in [0.5, 0.6) is 0 Å². The highest BCUT2D eigenvalue weighted by atomic mass is 16.1. The van der Waals surface area contributed by atoms with Gasteiger partial charge in [0.15, 0.2) is 0 Å². The molecule has 1 aromatic heterocycles. The van der Waals surface area contributed by atoms with Crippen LogP contribution in [-0.2, 0) is 0 Å². The molecule has 1 aliphatic rings. The van der Waals surface area contributed by atoms with Crippen LogP contribution >= 0.6 is 0 Å². The van der Waals surface area contributed by atoms with Crippen molar-refractivity contribution in [1.29, 1.82) is 0 Å². The van der Waals surface area contributed by atoms with Gasteiger partial charge in [-0.05, 0) is 37.1 Å². The molecule has 138 valence electrons. The van der Waals surface area contributed by atoms with Gasteiger partial charge in [-0.2, -0.15) is 0 Å². The maximum atomic E-state index is 12.2. The van der Waals surface area contributed by atoms with Crippen molar-refractivity contribution in [3.8, 4) is 0 Å². The lowest BCUT2D eigenvalue weighted by molar-refractivity contribution is 0.0955. The van der Waals surface area contributed by atoms with Crippen molar-refractivity contribution in [1.82, 2.24) is 15.3 Å². The summed E-state index contributed by atoms with van der Waals surface area (Å²) in [4.78, 5) is 25.0. The Hall–Kier alpha value is -2.83. The summed E-state index contributed by atoms with van der Waals surface area (Å²) in [6.45, 7) is 3.24. The second-order valence-electron chi connectivity index (χ2n) is 6.58. The Morgan fingerprint density at radius 2 is 1.85 bits per heavy atom. The molecule has 1 aromatic carbocycles. The van der Waals surface area contributed by atoms with Crippen LogP contribution in [0.2, 0.25) is 0 Å². The minimum atomic E-state index is -0.0717. The van der Waals surface area contributed by atoms with Crippen LogP contribution in [0.25, 0.3) is 0 Å². The van der Waals surface area contributed by atoms with E-state index < -0.39 is 0 Å². The molecule has 2 heterocycles. The molecular weight excluding hydrogens is 328 g/mol. The average Bonchev–Trinajstić information content (AvgIpc) is 3.20. The Morgan fingerprint density at radius 1 is 1.12 bits per heavy atom. The van der Waals surface area contributed by atoms with Crippen LogP contribution in [0, 0.1) is 0 Å². The molecule has 0 bridgehead atoms. The number of carbonyl (C=O) groups excluding carboxylic acids is 1. The number of aromatic nitrogens is 2. The van der Waals surface area contributed by atoms with E-state index in [2.05, 4.69) is 25.5 Å². The van der Waals surface area contributed by atoms with Crippen molar-refractivity contribution in [3.05, 3.63) is 42.2 Å². The Bertz CT molecular complexity index is 725. The van der Waals surface area contributed by atoms with E-state index in [1.807, 2.05) is 49.3 Å². The fourth-order valence-electron chi connectivity index (χ4n) is 2.94. The highest BCUT2D eigenvalue weighted by Crippen LogP contribution is 2.19. The first-order valence-electron chi connectivity index (χ1n) is 9.00. The standard InChI is InChI=1S/C19H26N6O/c1-24(2)16-7-5-15(6-8-16)19(26)21-10-9-20-17-13-18(23-14-22-17)25-11-3-4-12-25/h5-8,13-14H,3-4,9-12H2,1-2H3,(H,21,26)(H,20,22,23). The molecule has 0 atom stereocenters. The van der Waals surface area contributed by atoms with Crippen LogP contribution in [0.15, 0.2) is 36.7 Å². The summed E-state index contributed by atoms with van der Waals surface area (Å²) < 4.78 is 0. The zero-order chi connectivity index (χ0) is 18.4. The molecule has 2 aromatic rings. The van der Waals surface area contributed by atoms with Gasteiger partial charge in [0.25, 0.3) is 5.91 Å². The van der Waals surface area contributed by atoms with Gasteiger partial charge in [0.05, 0.1) is 0 Å². The second kappa shape index (κ2) is 8.51. The number of hydrogen-bond donors (Lipinski definition) is 2. The molecule has 1 amide bonds. The maximum Gasteiger partial charge on any atom is 0.251 e. The number of anilines is 3. The smallest absolute Gasteiger partial charge is 0.251 e. The van der Waals surface area contributed by atoms with Crippen LogP contribution in [0.3, 0.4) is 0 Å². The zero-order valence-electron chi connectivity index (χ0n) is 15.4. The number of amides is 1. The molecule has 0 spiro atoms. The van der Waals surface area contributed by atoms with Gasteiger partial charge in [0, 0.05) is 57.6 Å². The lowest BCUT2D eigenvalue weighted by Crippen LogP contribution is -2.29. The monoisotopic (exact) mass is 354 g/mol. The van der Waals surface area contributed by atoms with Gasteiger partial charge in [0.2, 0.25) is 0 Å². The number of hydrogen-bond acceptors (Lipinski definition) is 6. The molecule has 1 saturated heterocycles. The molecule has 0 saturated carbocycles. The van der Waals surface area contributed by atoms with E-state index in [4.69, 9.17) is 0 Å². The van der Waals surface area contributed by atoms with E-state index in [1.54, 1.807) is 6.33 Å². The Morgan fingerprint density at radius 3 is 2.54 bits per heavy atom. The van der Waals surface area contributed by atoms with Gasteiger partial charge in [-0.1, -0.05) is 0 Å². The first-order valence-corrected chi connectivity index (χ1v) is 9.00. The predicted molar refractivity (Wildman–Crippen MR) is 105 cm³/mol. The Kier molecular flexibility index (Phi) is 5.88. The van der Waals surface area contributed by atoms with Gasteiger partial charge in [0.1, 0.15) is 18.0 Å². The summed E-state index contributed by atoms with van der Waals surface area (Å²) in [6.07, 6.45) is 4.02. The number of nitrogens with zero attached hydrogens (tertiary/aromatic N) is 4. The van der Waals surface area contributed by atoms with Gasteiger partial charge in [-0.3, -0.25) is 4.79 Å². The molecule has 0 aliphatic carbocycles. The predicted octanol–water partition coefficient (Wildman–Crippen LogP) is 1.98. The quantitative estimate of drug-likeness (QED) is 0.741. The molecule has 2 N–H and O–H groups in total. The first kappa shape index (κ1) is 18.0. The normalized spacial score (nSPS) is 13.5. The molecular formula is C19H26N6O. The van der Waals surface area contributed by atoms with Crippen LogP contribution in [0.4, 0.5) is 17.3 Å². The summed E-state index contributed by atoms with van der Waals surface area (Å²) >= 11 is 0. The van der Waals surface area contributed by atoms with Crippen LogP contribution < -0.4 is 20.4 Å². The summed E-state index contributed by atoms with van der Waals surface area (Å²) in [5.74, 6) is 1.68. The van der Waals surface area contributed by atoms with Gasteiger partial charge in [-0.15, -0.1) is 0 Å². The minimum absolute atomic E-state index is 0.0717. The number of nitrogens with one attached hydrogen (secondary N) is 2. The Labute approximate surface area is 154 Å². The summed E-state index contributed by atoms with van der Waals surface area (Å²) in [7, 11) is 3.95. The van der Waals surface area contributed by atoms with E-state index in [9.17, 15) is 4.79 Å². The average molecular weight is 354 g/mol. The van der Waals surface area contributed by atoms with E-state index in [1.165, 1.54) is 12.8 Å². The summed E-state index contributed by atoms with van der Waals surface area (Å²) in [6, 6.07) is 9.52. The number of carbonyl (C=O) groups is 1. The molecule has 0 unspecified atom stereocenters. The molecule has 1 aliphatic heterocycles. The van der Waals surface area contributed by atoms with Crippen molar-refractivity contribution in [2.45, 2.75) is 12.8 Å². The molecule has 3 rings (SSSR count). The SMILES string of the molecule is CN(C)c1ccc(C(=O)NCCNc2cc(N3CCCC3)ncn2)cc1. The van der Waals surface area contributed by atoms with Gasteiger partial charge < -0.3 is 20.4 Å². The van der Waals surface area contributed by atoms with E-state index in [0.29, 0.717) is 18.7 Å². The van der Waals surface area contributed by atoms with Crippen molar-refractivity contribution in [2.24, 2.45) is 0 Å². The van der Waals surface area contributed by atoms with Crippen molar-refractivity contribution in [2.75, 3.05) is 55.4 Å². The van der Waals surface area contributed by atoms with Gasteiger partial charge >= 0.3 is 0 Å². The minimum Gasteiger partial charge on any atom is -0.378 e. The second-order valence-corrected chi connectivity index (χ2v) is 6.58. The van der Waals surface area contributed by atoms with Crippen molar-refractivity contribution in [3.63, 3.8) is 0 Å². The van der Waals surface area contributed by atoms with Crippen LogP contribution in [-0.4, -0.2) is 56.1 Å².